The Bertz CT molecular complexity index is 678. The number of ether oxygens (including phenoxy) is 2. The molecule has 1 heterocycles. The minimum absolute atomic E-state index is 0.0272. The van der Waals surface area contributed by atoms with E-state index < -0.39 is 16.8 Å². The van der Waals surface area contributed by atoms with Gasteiger partial charge in [-0.3, -0.25) is 9.59 Å². The summed E-state index contributed by atoms with van der Waals surface area (Å²) in [6, 6.07) is 5.64. The molecule has 3 fully saturated rings. The third-order valence-corrected chi connectivity index (χ3v) is 5.48. The van der Waals surface area contributed by atoms with Crippen LogP contribution in [0.25, 0.3) is 0 Å². The number of hydrogen-bond donors (Lipinski definition) is 2. The van der Waals surface area contributed by atoms with Gasteiger partial charge in [0.05, 0.1) is 24.0 Å². The molecular formula is C17H19NO5. The number of aliphatic carboxylic acids is 1. The first-order valence-corrected chi connectivity index (χ1v) is 7.81. The van der Waals surface area contributed by atoms with Gasteiger partial charge >= 0.3 is 5.97 Å². The van der Waals surface area contributed by atoms with Crippen molar-refractivity contribution in [3.63, 3.8) is 0 Å². The van der Waals surface area contributed by atoms with Crippen LogP contribution in [0.1, 0.15) is 24.8 Å². The summed E-state index contributed by atoms with van der Waals surface area (Å²) >= 11 is 0. The quantitative estimate of drug-likeness (QED) is 0.876. The van der Waals surface area contributed by atoms with Gasteiger partial charge in [-0.25, -0.2) is 0 Å². The fourth-order valence-corrected chi connectivity index (χ4v) is 4.24. The summed E-state index contributed by atoms with van der Waals surface area (Å²) in [5, 5.41) is 12.2. The molecule has 1 unspecified atom stereocenters. The predicted molar refractivity (Wildman–Crippen MR) is 80.5 cm³/mol. The summed E-state index contributed by atoms with van der Waals surface area (Å²) in [7, 11) is 1.61. The van der Waals surface area contributed by atoms with E-state index >= 15 is 0 Å². The number of methoxy groups -OCH3 is 1. The molecule has 3 aliphatic carbocycles. The standard InChI is InChI=1S/C17H19NO5/c1-22-12-4-2-3-10-5-11(6-23-13(10)12)18-14(19)16-7-17(8-16,9-16)15(20)21/h2-4,11H,5-9H2,1H3,(H,18,19)(H,20,21). The molecule has 0 radical (unpaired) electrons. The summed E-state index contributed by atoms with van der Waals surface area (Å²) in [4.78, 5) is 23.6. The van der Waals surface area contributed by atoms with Crippen molar-refractivity contribution >= 4 is 11.9 Å². The molecule has 6 heteroatoms. The number of para-hydroxylation sites is 1. The number of nitrogens with one attached hydrogen (secondary N) is 1. The average Bonchev–Trinajstić information content (AvgIpc) is 2.43. The molecule has 0 spiro atoms. The van der Waals surface area contributed by atoms with E-state index in [0.29, 0.717) is 38.0 Å². The van der Waals surface area contributed by atoms with Gasteiger partial charge in [-0.1, -0.05) is 12.1 Å². The van der Waals surface area contributed by atoms with Crippen molar-refractivity contribution in [2.45, 2.75) is 31.7 Å². The van der Waals surface area contributed by atoms with Crippen molar-refractivity contribution in [2.24, 2.45) is 10.8 Å². The van der Waals surface area contributed by atoms with Crippen LogP contribution in [0.3, 0.4) is 0 Å². The first kappa shape index (κ1) is 14.4. The minimum atomic E-state index is -0.769. The Balaban J connectivity index is 1.40. The third-order valence-electron chi connectivity index (χ3n) is 5.48. The van der Waals surface area contributed by atoms with E-state index in [0.717, 1.165) is 11.3 Å². The molecule has 1 aromatic carbocycles. The van der Waals surface area contributed by atoms with Crippen LogP contribution in [0.15, 0.2) is 18.2 Å². The lowest BCUT2D eigenvalue weighted by molar-refractivity contribution is -0.220. The zero-order valence-corrected chi connectivity index (χ0v) is 12.9. The SMILES string of the molecule is COc1cccc2c1OCC(NC(=O)C13CC(C(=O)O)(C1)C3)C2. The van der Waals surface area contributed by atoms with Crippen molar-refractivity contribution in [3.8, 4) is 11.5 Å². The van der Waals surface area contributed by atoms with Gasteiger partial charge in [-0.15, -0.1) is 0 Å². The number of fused-ring (bicyclic) bond motifs is 1. The van der Waals surface area contributed by atoms with Gasteiger partial charge in [0.15, 0.2) is 11.5 Å². The van der Waals surface area contributed by atoms with Crippen molar-refractivity contribution in [1.29, 1.82) is 0 Å². The van der Waals surface area contributed by atoms with Crippen LogP contribution >= 0.6 is 0 Å². The lowest BCUT2D eigenvalue weighted by Crippen LogP contribution is -2.71. The van der Waals surface area contributed by atoms with Gasteiger partial charge in [0.2, 0.25) is 5.91 Å². The Hall–Kier alpha value is -2.24. The summed E-state index contributed by atoms with van der Waals surface area (Å²) in [6.45, 7) is 0.402. The zero-order valence-electron chi connectivity index (χ0n) is 12.9. The molecule has 1 atom stereocenters. The highest BCUT2D eigenvalue weighted by Gasteiger charge is 2.75. The fraction of sp³-hybridized carbons (Fsp3) is 0.529. The molecule has 23 heavy (non-hydrogen) atoms. The van der Waals surface area contributed by atoms with Crippen molar-refractivity contribution in [3.05, 3.63) is 23.8 Å². The number of carbonyl (C=O) groups is 2. The van der Waals surface area contributed by atoms with E-state index in [9.17, 15) is 9.59 Å². The largest absolute Gasteiger partial charge is 0.493 e. The molecular weight excluding hydrogens is 298 g/mol. The summed E-state index contributed by atoms with van der Waals surface area (Å²) in [5.41, 5.74) is -0.0616. The Labute approximate surface area is 133 Å². The molecule has 122 valence electrons. The van der Waals surface area contributed by atoms with Crippen LogP contribution < -0.4 is 14.8 Å². The average molecular weight is 317 g/mol. The lowest BCUT2D eigenvalue weighted by atomic mass is 9.35. The number of carboxylic acid groups (broad SMARTS) is 1. The smallest absolute Gasteiger partial charge is 0.309 e. The molecule has 0 aromatic heterocycles. The number of carbonyl (C=O) groups excluding carboxylic acids is 1. The lowest BCUT2D eigenvalue weighted by Gasteiger charge is -2.66. The third kappa shape index (κ3) is 1.93. The van der Waals surface area contributed by atoms with Crippen molar-refractivity contribution < 1.29 is 24.2 Å². The second kappa shape index (κ2) is 4.63. The van der Waals surface area contributed by atoms with Gasteiger partial charge in [0.1, 0.15) is 6.61 Å². The minimum Gasteiger partial charge on any atom is -0.493 e. The molecule has 2 bridgehead atoms. The Morgan fingerprint density at radius 3 is 2.70 bits per heavy atom. The van der Waals surface area contributed by atoms with Crippen LogP contribution in [0.5, 0.6) is 11.5 Å². The number of hydrogen-bond acceptors (Lipinski definition) is 4. The molecule has 5 rings (SSSR count). The van der Waals surface area contributed by atoms with E-state index in [2.05, 4.69) is 5.32 Å². The fourth-order valence-electron chi connectivity index (χ4n) is 4.24. The number of rotatable bonds is 4. The Kier molecular flexibility index (Phi) is 2.89. The zero-order chi connectivity index (χ0) is 16.2. The van der Waals surface area contributed by atoms with Crippen LogP contribution in [0.2, 0.25) is 0 Å². The molecule has 1 aliphatic heterocycles. The molecule has 1 aromatic rings. The van der Waals surface area contributed by atoms with Crippen LogP contribution in [0, 0.1) is 10.8 Å². The topological polar surface area (TPSA) is 84.9 Å². The second-order valence-corrected chi connectivity index (χ2v) is 7.03. The molecule has 0 saturated heterocycles. The molecule has 3 saturated carbocycles. The van der Waals surface area contributed by atoms with Gasteiger partial charge in [0.25, 0.3) is 0 Å². The number of benzene rings is 1. The highest BCUT2D eigenvalue weighted by atomic mass is 16.5. The van der Waals surface area contributed by atoms with E-state index in [1.807, 2.05) is 18.2 Å². The maximum Gasteiger partial charge on any atom is 0.309 e. The van der Waals surface area contributed by atoms with E-state index in [-0.39, 0.29) is 11.9 Å². The monoisotopic (exact) mass is 317 g/mol. The number of amides is 1. The van der Waals surface area contributed by atoms with Gasteiger partial charge < -0.3 is 19.9 Å². The van der Waals surface area contributed by atoms with Crippen molar-refractivity contribution in [2.75, 3.05) is 13.7 Å². The van der Waals surface area contributed by atoms with Gasteiger partial charge in [0, 0.05) is 5.56 Å². The predicted octanol–water partition coefficient (Wildman–Crippen LogP) is 1.37. The van der Waals surface area contributed by atoms with E-state index in [1.165, 1.54) is 0 Å². The molecule has 1 amide bonds. The van der Waals surface area contributed by atoms with Crippen LogP contribution in [0.4, 0.5) is 0 Å². The van der Waals surface area contributed by atoms with E-state index in [4.69, 9.17) is 14.6 Å². The molecule has 4 aliphatic rings. The van der Waals surface area contributed by atoms with Crippen molar-refractivity contribution in [1.82, 2.24) is 5.32 Å². The normalized spacial score (nSPS) is 33.3. The Morgan fingerprint density at radius 1 is 1.30 bits per heavy atom. The number of carboxylic acids is 1. The Morgan fingerprint density at radius 2 is 2.04 bits per heavy atom. The highest BCUT2D eigenvalue weighted by molar-refractivity contribution is 5.93. The van der Waals surface area contributed by atoms with E-state index in [1.54, 1.807) is 7.11 Å². The summed E-state index contributed by atoms with van der Waals surface area (Å²) in [6.07, 6.45) is 2.11. The first-order chi connectivity index (χ1) is 11.0. The van der Waals surface area contributed by atoms with Gasteiger partial charge in [-0.05, 0) is 31.7 Å². The maximum atomic E-state index is 12.5. The molecule has 2 N–H and O–H groups in total. The summed E-state index contributed by atoms with van der Waals surface area (Å²) in [5.74, 6) is 0.653. The molecule has 6 nitrogen and oxygen atoms in total. The van der Waals surface area contributed by atoms with Crippen LogP contribution in [-0.4, -0.2) is 36.7 Å². The second-order valence-electron chi connectivity index (χ2n) is 7.03. The first-order valence-electron chi connectivity index (χ1n) is 7.81. The summed E-state index contributed by atoms with van der Waals surface area (Å²) < 4.78 is 11.0. The van der Waals surface area contributed by atoms with Gasteiger partial charge in [-0.2, -0.15) is 0 Å². The highest BCUT2D eigenvalue weighted by Crippen LogP contribution is 2.73. The van der Waals surface area contributed by atoms with Crippen LogP contribution in [-0.2, 0) is 16.0 Å². The maximum absolute atomic E-state index is 12.5.